The number of piperidine rings is 2. The molecule has 5 nitrogen and oxygen atoms in total. The minimum absolute atomic E-state index is 0.131. The molecule has 1 saturated carbocycles. The molecule has 2 unspecified atom stereocenters. The van der Waals surface area contributed by atoms with Crippen LogP contribution in [0, 0.1) is 6.92 Å². The van der Waals surface area contributed by atoms with E-state index in [0.717, 1.165) is 16.2 Å². The molecule has 4 rings (SSSR count). The van der Waals surface area contributed by atoms with Gasteiger partial charge in [-0.15, -0.1) is 11.3 Å². The Morgan fingerprint density at radius 1 is 0.943 bits per heavy atom. The fourth-order valence-electron chi connectivity index (χ4n) is 5.17. The molecule has 0 aromatic carbocycles. The Kier molecular flexibility index (Phi) is 8.04. The van der Waals surface area contributed by atoms with E-state index in [1.54, 1.807) is 11.3 Å². The maximum Gasteiger partial charge on any atom is 0.401 e. The van der Waals surface area contributed by atoms with E-state index in [9.17, 15) is 31.1 Å². The summed E-state index contributed by atoms with van der Waals surface area (Å²) in [7, 11) is 0. The van der Waals surface area contributed by atoms with Crippen LogP contribution in [0.5, 0.6) is 0 Å². The minimum atomic E-state index is -4.21. The van der Waals surface area contributed by atoms with E-state index in [-0.39, 0.29) is 24.0 Å². The molecule has 2 N–H and O–H groups in total. The Balaban J connectivity index is 1.21. The van der Waals surface area contributed by atoms with E-state index in [4.69, 9.17) is 0 Å². The van der Waals surface area contributed by atoms with Crippen LogP contribution in [0.2, 0.25) is 0 Å². The molecule has 2 aliphatic heterocycles. The molecule has 1 aromatic heterocycles. The number of nitrogens with one attached hydrogen (secondary N) is 2. The van der Waals surface area contributed by atoms with Crippen LogP contribution < -0.4 is 10.6 Å². The van der Waals surface area contributed by atoms with Gasteiger partial charge >= 0.3 is 12.4 Å². The van der Waals surface area contributed by atoms with Gasteiger partial charge in [0.2, 0.25) is 0 Å². The van der Waals surface area contributed by atoms with E-state index in [2.05, 4.69) is 10.6 Å². The van der Waals surface area contributed by atoms with Crippen LogP contribution in [0.15, 0.2) is 6.07 Å². The first-order valence-corrected chi connectivity index (χ1v) is 12.9. The number of alkyl halides is 6. The third kappa shape index (κ3) is 7.80. The molecular formula is C23H32F6N4OS. The summed E-state index contributed by atoms with van der Waals surface area (Å²) in [4.78, 5) is 17.7. The molecule has 35 heavy (non-hydrogen) atoms. The summed E-state index contributed by atoms with van der Waals surface area (Å²) in [6.07, 6.45) is -5.05. The summed E-state index contributed by atoms with van der Waals surface area (Å²) in [6.45, 7) is 1.63. The van der Waals surface area contributed by atoms with Gasteiger partial charge < -0.3 is 10.6 Å². The van der Waals surface area contributed by atoms with Crippen LogP contribution in [-0.4, -0.2) is 85.5 Å². The predicted molar refractivity (Wildman–Crippen MR) is 122 cm³/mol. The second-order valence-corrected chi connectivity index (χ2v) is 11.3. The third-order valence-electron chi connectivity index (χ3n) is 7.10. The average molecular weight is 527 g/mol. The van der Waals surface area contributed by atoms with Crippen molar-refractivity contribution in [3.63, 3.8) is 0 Å². The Labute approximate surface area is 205 Å². The molecule has 0 spiro atoms. The van der Waals surface area contributed by atoms with Crippen molar-refractivity contribution < 1.29 is 31.1 Å². The van der Waals surface area contributed by atoms with E-state index in [0.29, 0.717) is 63.3 Å². The summed E-state index contributed by atoms with van der Waals surface area (Å²) in [5.74, 6) is 0.125. The quantitative estimate of drug-likeness (QED) is 0.521. The number of thiophene rings is 1. The molecule has 12 heteroatoms. The van der Waals surface area contributed by atoms with Crippen molar-refractivity contribution in [3.05, 3.63) is 21.4 Å². The normalized spacial score (nSPS) is 25.7. The maximum absolute atomic E-state index is 12.8. The molecule has 3 fully saturated rings. The number of carbonyl (C=O) groups excluding carboxylic acids is 1. The lowest BCUT2D eigenvalue weighted by Crippen LogP contribution is -2.47. The van der Waals surface area contributed by atoms with E-state index in [1.807, 2.05) is 13.0 Å². The van der Waals surface area contributed by atoms with Gasteiger partial charge in [0.15, 0.2) is 0 Å². The Hall–Kier alpha value is -1.37. The fraction of sp³-hybridized carbons (Fsp3) is 0.783. The third-order valence-corrected chi connectivity index (χ3v) is 8.29. The van der Waals surface area contributed by atoms with Crippen LogP contribution in [0.25, 0.3) is 0 Å². The minimum Gasteiger partial charge on any atom is -0.349 e. The summed E-state index contributed by atoms with van der Waals surface area (Å²) < 4.78 is 75.4. The van der Waals surface area contributed by atoms with Crippen molar-refractivity contribution in [1.82, 2.24) is 20.4 Å². The smallest absolute Gasteiger partial charge is 0.349 e. The molecule has 3 heterocycles. The van der Waals surface area contributed by atoms with Gasteiger partial charge in [-0.25, -0.2) is 0 Å². The molecule has 0 radical (unpaired) electrons. The van der Waals surface area contributed by atoms with E-state index in [1.165, 1.54) is 9.80 Å². The van der Waals surface area contributed by atoms with Crippen LogP contribution in [0.3, 0.4) is 0 Å². The maximum atomic E-state index is 12.8. The number of rotatable bonds is 7. The number of aryl methyl sites for hydroxylation is 1. The number of carbonyl (C=O) groups is 1. The van der Waals surface area contributed by atoms with Gasteiger partial charge in [0.05, 0.1) is 18.7 Å². The zero-order valence-corrected chi connectivity index (χ0v) is 20.5. The molecular weight excluding hydrogens is 494 g/mol. The van der Waals surface area contributed by atoms with E-state index < -0.39 is 25.4 Å². The lowest BCUT2D eigenvalue weighted by molar-refractivity contribution is -0.148. The number of nitrogens with zero attached hydrogens (tertiary/aromatic N) is 2. The summed E-state index contributed by atoms with van der Waals surface area (Å²) in [5.41, 5.74) is 0.619. The topological polar surface area (TPSA) is 47.6 Å². The number of amides is 1. The van der Waals surface area contributed by atoms with Gasteiger partial charge in [0, 0.05) is 46.9 Å². The highest BCUT2D eigenvalue weighted by Gasteiger charge is 2.42. The SMILES string of the molecule is Cc1sc(C2CC2NC2CCN(CC(F)(F)F)CC2)cc1C(=O)NC1CCN(CC(F)(F)F)CC1. The number of halogens is 6. The van der Waals surface area contributed by atoms with Crippen LogP contribution >= 0.6 is 11.3 Å². The van der Waals surface area contributed by atoms with Gasteiger partial charge in [-0.2, -0.15) is 26.3 Å². The first-order valence-electron chi connectivity index (χ1n) is 12.1. The van der Waals surface area contributed by atoms with Crippen molar-refractivity contribution in [2.75, 3.05) is 39.3 Å². The lowest BCUT2D eigenvalue weighted by Gasteiger charge is -2.33. The Morgan fingerprint density at radius 2 is 1.46 bits per heavy atom. The van der Waals surface area contributed by atoms with E-state index >= 15 is 0 Å². The Bertz CT molecular complexity index is 872. The fourth-order valence-corrected chi connectivity index (χ4v) is 6.38. The largest absolute Gasteiger partial charge is 0.401 e. The van der Waals surface area contributed by atoms with Crippen molar-refractivity contribution in [2.45, 2.75) is 75.4 Å². The molecule has 3 aliphatic rings. The highest BCUT2D eigenvalue weighted by atomic mass is 32.1. The molecule has 1 amide bonds. The predicted octanol–water partition coefficient (Wildman–Crippen LogP) is 4.29. The number of likely N-dealkylation sites (tertiary alicyclic amines) is 2. The summed E-state index contributed by atoms with van der Waals surface area (Å²) in [6, 6.07) is 2.28. The molecule has 198 valence electrons. The first-order chi connectivity index (χ1) is 16.4. The monoisotopic (exact) mass is 526 g/mol. The molecule has 2 atom stereocenters. The van der Waals surface area contributed by atoms with Gasteiger partial charge in [0.25, 0.3) is 5.91 Å². The van der Waals surface area contributed by atoms with Gasteiger partial charge in [-0.05, 0) is 58.2 Å². The van der Waals surface area contributed by atoms with Crippen molar-refractivity contribution >= 4 is 17.2 Å². The first kappa shape index (κ1) is 26.7. The van der Waals surface area contributed by atoms with Crippen LogP contribution in [-0.2, 0) is 0 Å². The average Bonchev–Trinajstić information content (AvgIpc) is 3.39. The second kappa shape index (κ2) is 10.5. The van der Waals surface area contributed by atoms with Crippen molar-refractivity contribution in [3.8, 4) is 0 Å². The van der Waals surface area contributed by atoms with Gasteiger partial charge in [0.1, 0.15) is 0 Å². The molecule has 1 aromatic rings. The zero-order chi connectivity index (χ0) is 25.4. The molecule has 0 bridgehead atoms. The van der Waals surface area contributed by atoms with Crippen LogP contribution in [0.1, 0.15) is 58.1 Å². The second-order valence-electron chi connectivity index (χ2n) is 10.0. The lowest BCUT2D eigenvalue weighted by atomic mass is 10.0. The zero-order valence-electron chi connectivity index (χ0n) is 19.6. The molecule has 1 aliphatic carbocycles. The number of hydrogen-bond acceptors (Lipinski definition) is 5. The summed E-state index contributed by atoms with van der Waals surface area (Å²) >= 11 is 1.59. The van der Waals surface area contributed by atoms with Crippen molar-refractivity contribution in [2.24, 2.45) is 0 Å². The van der Waals surface area contributed by atoms with Crippen molar-refractivity contribution in [1.29, 1.82) is 0 Å². The molecule has 2 saturated heterocycles. The Morgan fingerprint density at radius 3 is 1.97 bits per heavy atom. The summed E-state index contributed by atoms with van der Waals surface area (Å²) in [5, 5.41) is 6.57. The highest BCUT2D eigenvalue weighted by Crippen LogP contribution is 2.45. The van der Waals surface area contributed by atoms with Crippen LogP contribution in [0.4, 0.5) is 26.3 Å². The van der Waals surface area contributed by atoms with Gasteiger partial charge in [-0.1, -0.05) is 0 Å². The standard InChI is InChI=1S/C23H32F6N4OS/c1-14-17(21(34)31-16-4-8-33(9-5-16)13-23(27,28)29)11-20(35-14)18-10-19(18)30-15-2-6-32(7-3-15)12-22(24,25)26/h11,15-16,18-19,30H,2-10,12-13H2,1H3,(H,31,34). The van der Waals surface area contributed by atoms with Gasteiger partial charge in [-0.3, -0.25) is 14.6 Å². The number of hydrogen-bond donors (Lipinski definition) is 2. The highest BCUT2D eigenvalue weighted by molar-refractivity contribution is 7.12.